The highest BCUT2D eigenvalue weighted by atomic mass is 16.6. The van der Waals surface area contributed by atoms with Crippen LogP contribution in [0.25, 0.3) is 0 Å². The molecule has 1 aliphatic rings. The minimum atomic E-state index is -0.670. The summed E-state index contributed by atoms with van der Waals surface area (Å²) in [6.45, 7) is 10.9. The topological polar surface area (TPSA) is 76.2 Å². The lowest BCUT2D eigenvalue weighted by Crippen LogP contribution is -2.51. The number of amides is 2. The summed E-state index contributed by atoms with van der Waals surface area (Å²) in [4.78, 5) is 40.9. The van der Waals surface area contributed by atoms with Crippen molar-refractivity contribution >= 4 is 23.7 Å². The maximum atomic E-state index is 13.0. The first-order chi connectivity index (χ1) is 13.3. The Balaban J connectivity index is 2.34. The normalized spacial score (nSPS) is 16.2. The van der Waals surface area contributed by atoms with Crippen LogP contribution >= 0.6 is 0 Å². The predicted molar refractivity (Wildman–Crippen MR) is 111 cm³/mol. The van der Waals surface area contributed by atoms with Crippen LogP contribution in [-0.2, 0) is 25.5 Å². The molecule has 7 nitrogen and oxygen atoms in total. The largest absolute Gasteiger partial charge is 0.468 e. The standard InChI is InChI=1S/C22H32N2O5/c1-21(2,3)19(26)23(14-18(25)28-7)13-16-12-15-10-8-9-11-17(15)24(16)20(27)29-22(4,5)6/h8-11,16H,12-14H2,1-7H3/t16-/m1/s1. The molecule has 0 aliphatic carbocycles. The summed E-state index contributed by atoms with van der Waals surface area (Å²) in [5.41, 5.74) is 0.458. The molecule has 29 heavy (non-hydrogen) atoms. The SMILES string of the molecule is COC(=O)CN(C[C@H]1Cc2ccccc2N1C(=O)OC(C)(C)C)C(=O)C(C)(C)C. The zero-order chi connectivity index (χ0) is 22.0. The van der Waals surface area contributed by atoms with E-state index in [0.29, 0.717) is 6.42 Å². The highest BCUT2D eigenvalue weighted by Gasteiger charge is 2.39. The van der Waals surface area contributed by atoms with Gasteiger partial charge in [0.15, 0.2) is 0 Å². The molecule has 1 heterocycles. The number of ether oxygens (including phenoxy) is 2. The molecule has 1 aliphatic heterocycles. The van der Waals surface area contributed by atoms with E-state index < -0.39 is 23.1 Å². The lowest BCUT2D eigenvalue weighted by Gasteiger charge is -2.34. The monoisotopic (exact) mass is 404 g/mol. The van der Waals surface area contributed by atoms with Crippen LogP contribution in [0.1, 0.15) is 47.1 Å². The molecule has 0 aromatic heterocycles. The van der Waals surface area contributed by atoms with E-state index in [-0.39, 0.29) is 25.0 Å². The molecule has 0 spiro atoms. The summed E-state index contributed by atoms with van der Waals surface area (Å²) in [5.74, 6) is -0.676. The molecule has 160 valence electrons. The summed E-state index contributed by atoms with van der Waals surface area (Å²) in [6, 6.07) is 7.28. The van der Waals surface area contributed by atoms with Crippen molar-refractivity contribution in [1.82, 2.24) is 4.90 Å². The number of fused-ring (bicyclic) bond motifs is 1. The number of benzene rings is 1. The van der Waals surface area contributed by atoms with Gasteiger partial charge < -0.3 is 14.4 Å². The van der Waals surface area contributed by atoms with Crippen molar-refractivity contribution in [1.29, 1.82) is 0 Å². The van der Waals surface area contributed by atoms with E-state index in [2.05, 4.69) is 0 Å². The predicted octanol–water partition coefficient (Wildman–Crippen LogP) is 3.40. The van der Waals surface area contributed by atoms with E-state index >= 15 is 0 Å². The highest BCUT2D eigenvalue weighted by molar-refractivity contribution is 5.92. The van der Waals surface area contributed by atoms with E-state index in [1.54, 1.807) is 25.7 Å². The molecule has 2 rings (SSSR count). The Labute approximate surface area is 172 Å². The quantitative estimate of drug-likeness (QED) is 0.719. The second-order valence-corrected chi connectivity index (χ2v) is 9.35. The summed E-state index contributed by atoms with van der Waals surface area (Å²) in [6.07, 6.45) is 0.110. The lowest BCUT2D eigenvalue weighted by molar-refractivity contribution is -0.150. The molecule has 0 radical (unpaired) electrons. The van der Waals surface area contributed by atoms with Crippen LogP contribution in [0.2, 0.25) is 0 Å². The summed E-state index contributed by atoms with van der Waals surface area (Å²) < 4.78 is 10.4. The average molecular weight is 405 g/mol. The van der Waals surface area contributed by atoms with E-state index in [0.717, 1.165) is 11.3 Å². The molecule has 1 aromatic carbocycles. The Bertz CT molecular complexity index is 776. The van der Waals surface area contributed by atoms with Gasteiger partial charge in [0.25, 0.3) is 0 Å². The smallest absolute Gasteiger partial charge is 0.415 e. The zero-order valence-corrected chi connectivity index (χ0v) is 18.4. The summed E-state index contributed by atoms with van der Waals surface area (Å²) in [5, 5.41) is 0. The Kier molecular flexibility index (Phi) is 6.60. The van der Waals surface area contributed by atoms with Gasteiger partial charge in [-0.3, -0.25) is 14.5 Å². The Morgan fingerprint density at radius 1 is 1.10 bits per heavy atom. The number of anilines is 1. The average Bonchev–Trinajstić information content (AvgIpc) is 2.96. The van der Waals surface area contributed by atoms with Gasteiger partial charge in [-0.1, -0.05) is 39.0 Å². The molecule has 1 atom stereocenters. The molecule has 0 bridgehead atoms. The first-order valence-electron chi connectivity index (χ1n) is 9.80. The summed E-state index contributed by atoms with van der Waals surface area (Å²) in [7, 11) is 1.29. The third-order valence-corrected chi connectivity index (χ3v) is 4.57. The van der Waals surface area contributed by atoms with Gasteiger partial charge in [-0.05, 0) is 38.8 Å². The zero-order valence-electron chi connectivity index (χ0n) is 18.4. The third kappa shape index (κ3) is 5.71. The minimum Gasteiger partial charge on any atom is -0.468 e. The molecule has 2 amide bonds. The van der Waals surface area contributed by atoms with Gasteiger partial charge in [-0.25, -0.2) is 4.79 Å². The molecule has 0 saturated heterocycles. The number of carbonyl (C=O) groups is 3. The van der Waals surface area contributed by atoms with Gasteiger partial charge in [-0.2, -0.15) is 0 Å². The van der Waals surface area contributed by atoms with E-state index in [4.69, 9.17) is 9.47 Å². The molecular weight excluding hydrogens is 372 g/mol. The van der Waals surface area contributed by atoms with Crippen LogP contribution in [0, 0.1) is 5.41 Å². The van der Waals surface area contributed by atoms with Crippen LogP contribution in [0.3, 0.4) is 0 Å². The number of rotatable bonds is 4. The summed E-state index contributed by atoms with van der Waals surface area (Å²) >= 11 is 0. The van der Waals surface area contributed by atoms with Crippen LogP contribution < -0.4 is 4.90 Å². The fourth-order valence-electron chi connectivity index (χ4n) is 3.33. The first kappa shape index (κ1) is 22.7. The maximum absolute atomic E-state index is 13.0. The molecule has 0 saturated carbocycles. The maximum Gasteiger partial charge on any atom is 0.415 e. The number of nitrogens with zero attached hydrogens (tertiary/aromatic N) is 2. The third-order valence-electron chi connectivity index (χ3n) is 4.57. The second-order valence-electron chi connectivity index (χ2n) is 9.35. The molecule has 0 unspecified atom stereocenters. The first-order valence-corrected chi connectivity index (χ1v) is 9.80. The van der Waals surface area contributed by atoms with Crippen LogP contribution in [0.15, 0.2) is 24.3 Å². The minimum absolute atomic E-state index is 0.165. The van der Waals surface area contributed by atoms with Crippen molar-refractivity contribution < 1.29 is 23.9 Å². The van der Waals surface area contributed by atoms with Crippen molar-refractivity contribution in [3.05, 3.63) is 29.8 Å². The Morgan fingerprint density at radius 2 is 1.72 bits per heavy atom. The van der Waals surface area contributed by atoms with Crippen molar-refractivity contribution in [2.75, 3.05) is 25.1 Å². The second kappa shape index (κ2) is 8.43. The van der Waals surface area contributed by atoms with E-state index in [1.165, 1.54) is 12.0 Å². The van der Waals surface area contributed by atoms with Gasteiger partial charge in [-0.15, -0.1) is 0 Å². The Hall–Kier alpha value is -2.57. The van der Waals surface area contributed by atoms with Gasteiger partial charge in [0.2, 0.25) is 5.91 Å². The van der Waals surface area contributed by atoms with Gasteiger partial charge >= 0.3 is 12.1 Å². The lowest BCUT2D eigenvalue weighted by atomic mass is 9.94. The number of esters is 1. The molecule has 0 N–H and O–H groups in total. The van der Waals surface area contributed by atoms with E-state index in [1.807, 2.05) is 45.0 Å². The van der Waals surface area contributed by atoms with E-state index in [9.17, 15) is 14.4 Å². The Morgan fingerprint density at radius 3 is 2.28 bits per heavy atom. The number of para-hydroxylation sites is 1. The van der Waals surface area contributed by atoms with Crippen LogP contribution in [0.4, 0.5) is 10.5 Å². The van der Waals surface area contributed by atoms with Crippen LogP contribution in [0.5, 0.6) is 0 Å². The van der Waals surface area contributed by atoms with Crippen molar-refractivity contribution in [3.63, 3.8) is 0 Å². The van der Waals surface area contributed by atoms with Gasteiger partial charge in [0, 0.05) is 12.0 Å². The van der Waals surface area contributed by atoms with Crippen LogP contribution in [-0.4, -0.2) is 54.7 Å². The van der Waals surface area contributed by atoms with Gasteiger partial charge in [0.05, 0.1) is 18.8 Å². The molecule has 7 heteroatoms. The van der Waals surface area contributed by atoms with Gasteiger partial charge in [0.1, 0.15) is 12.1 Å². The molecular formula is C22H32N2O5. The number of carbonyl (C=O) groups excluding carboxylic acids is 3. The molecule has 0 fully saturated rings. The van der Waals surface area contributed by atoms with Crippen molar-refractivity contribution in [3.8, 4) is 0 Å². The van der Waals surface area contributed by atoms with Crippen molar-refractivity contribution in [2.45, 2.75) is 59.6 Å². The fraction of sp³-hybridized carbons (Fsp3) is 0.591. The van der Waals surface area contributed by atoms with Crippen molar-refractivity contribution in [2.24, 2.45) is 5.41 Å². The molecule has 1 aromatic rings. The number of hydrogen-bond acceptors (Lipinski definition) is 5. The number of methoxy groups -OCH3 is 1. The highest BCUT2D eigenvalue weighted by Crippen LogP contribution is 2.34. The number of hydrogen-bond donors (Lipinski definition) is 0. The fourth-order valence-corrected chi connectivity index (χ4v) is 3.33.